The molecule has 1 N–H and O–H groups in total. The second-order valence-electron chi connectivity index (χ2n) is 11.2. The van der Waals surface area contributed by atoms with Crippen molar-refractivity contribution >= 4 is 23.5 Å². The number of carbonyl (C=O) groups excluding carboxylic acids is 3. The summed E-state index contributed by atoms with van der Waals surface area (Å²) in [6, 6.07) is 0.682. The molecule has 11 heteroatoms. The Bertz CT molecular complexity index is 1160. The summed E-state index contributed by atoms with van der Waals surface area (Å²) in [5.74, 6) is -4.26. The minimum atomic E-state index is -1.07. The maximum atomic E-state index is 15.8. The smallest absolute Gasteiger partial charge is 0.410 e. The van der Waals surface area contributed by atoms with Crippen LogP contribution in [0, 0.1) is 17.6 Å². The first kappa shape index (κ1) is 28.6. The van der Waals surface area contributed by atoms with Crippen molar-refractivity contribution in [2.24, 2.45) is 5.92 Å². The standard InChI is InChI=1S/C28H37F2N3O6/c1-6-38-26(35)19(13-31-17-9-10-17)24(34)18-12-20(29)23(25(37-5)22(18)30)32-14-16-8-7-11-33(21(16)15-32)27(36)39-28(2,3)4/h12-13,16-17,21,31H,6-11,14-15H2,1-5H3/b19-13-. The molecule has 1 amide bonds. The normalized spacial score (nSPS) is 21.4. The first-order valence-corrected chi connectivity index (χ1v) is 13.4. The van der Waals surface area contributed by atoms with E-state index in [9.17, 15) is 14.4 Å². The van der Waals surface area contributed by atoms with E-state index in [0.717, 1.165) is 31.7 Å². The van der Waals surface area contributed by atoms with Gasteiger partial charge in [-0.2, -0.15) is 0 Å². The molecule has 1 aromatic rings. The Morgan fingerprint density at radius 1 is 1.15 bits per heavy atom. The van der Waals surface area contributed by atoms with Crippen LogP contribution in [0.3, 0.4) is 0 Å². The van der Waals surface area contributed by atoms with Crippen LogP contribution in [0.2, 0.25) is 0 Å². The van der Waals surface area contributed by atoms with Crippen LogP contribution in [0.1, 0.15) is 63.7 Å². The van der Waals surface area contributed by atoms with E-state index in [2.05, 4.69) is 5.32 Å². The zero-order chi connectivity index (χ0) is 28.5. The highest BCUT2D eigenvalue weighted by Crippen LogP contribution is 2.42. The van der Waals surface area contributed by atoms with Crippen LogP contribution in [-0.2, 0) is 14.3 Å². The number of halogens is 2. The van der Waals surface area contributed by atoms with Crippen molar-refractivity contribution in [3.05, 3.63) is 35.0 Å². The average molecular weight is 550 g/mol. The number of piperidine rings is 1. The molecular formula is C28H37F2N3O6. The average Bonchev–Trinajstić information content (AvgIpc) is 3.59. The van der Waals surface area contributed by atoms with Crippen LogP contribution in [-0.4, -0.2) is 73.8 Å². The van der Waals surface area contributed by atoms with Crippen LogP contribution in [0.5, 0.6) is 5.75 Å². The lowest BCUT2D eigenvalue weighted by atomic mass is 9.92. The quantitative estimate of drug-likeness (QED) is 0.170. The van der Waals surface area contributed by atoms with Crippen molar-refractivity contribution in [3.8, 4) is 5.75 Å². The van der Waals surface area contributed by atoms with Crippen molar-refractivity contribution in [1.29, 1.82) is 0 Å². The summed E-state index contributed by atoms with van der Waals surface area (Å²) < 4.78 is 47.3. The Morgan fingerprint density at radius 3 is 2.49 bits per heavy atom. The van der Waals surface area contributed by atoms with Gasteiger partial charge < -0.3 is 29.3 Å². The lowest BCUT2D eigenvalue weighted by Crippen LogP contribution is -2.50. The number of likely N-dealkylation sites (tertiary alicyclic amines) is 1. The first-order chi connectivity index (χ1) is 18.4. The van der Waals surface area contributed by atoms with E-state index in [0.29, 0.717) is 13.1 Å². The van der Waals surface area contributed by atoms with Gasteiger partial charge in [0.2, 0.25) is 5.78 Å². The molecule has 0 aromatic heterocycles. The molecule has 0 spiro atoms. The predicted octanol–water partition coefficient (Wildman–Crippen LogP) is 4.19. The van der Waals surface area contributed by atoms with Gasteiger partial charge in [-0.15, -0.1) is 0 Å². The first-order valence-electron chi connectivity index (χ1n) is 13.4. The topological polar surface area (TPSA) is 97.4 Å². The highest BCUT2D eigenvalue weighted by molar-refractivity contribution is 6.24. The Morgan fingerprint density at radius 2 is 1.87 bits per heavy atom. The summed E-state index contributed by atoms with van der Waals surface area (Å²) in [7, 11) is 1.20. The predicted molar refractivity (Wildman–Crippen MR) is 140 cm³/mol. The monoisotopic (exact) mass is 549 g/mol. The van der Waals surface area contributed by atoms with Gasteiger partial charge in [0, 0.05) is 31.9 Å². The SMILES string of the molecule is CCOC(=O)/C(=C\NC1CC1)C(=O)c1cc(F)c(N2CC3CCCN(C(=O)OC(C)(C)C)C3C2)c(OC)c1F. The van der Waals surface area contributed by atoms with Crippen molar-refractivity contribution in [2.75, 3.05) is 38.3 Å². The molecule has 1 saturated carbocycles. The highest BCUT2D eigenvalue weighted by atomic mass is 19.1. The van der Waals surface area contributed by atoms with E-state index in [4.69, 9.17) is 14.2 Å². The molecule has 2 aliphatic heterocycles. The van der Waals surface area contributed by atoms with E-state index < -0.39 is 52.0 Å². The molecule has 4 rings (SSSR count). The number of fused-ring (bicyclic) bond motifs is 1. The number of rotatable bonds is 8. The number of esters is 1. The fourth-order valence-electron chi connectivity index (χ4n) is 5.17. The van der Waals surface area contributed by atoms with E-state index in [1.807, 2.05) is 0 Å². The summed E-state index contributed by atoms with van der Waals surface area (Å²) in [4.78, 5) is 41.9. The summed E-state index contributed by atoms with van der Waals surface area (Å²) in [5.41, 5.74) is -1.83. The third-order valence-electron chi connectivity index (χ3n) is 7.10. The second-order valence-corrected chi connectivity index (χ2v) is 11.2. The van der Waals surface area contributed by atoms with E-state index in [1.165, 1.54) is 13.3 Å². The van der Waals surface area contributed by atoms with Crippen LogP contribution >= 0.6 is 0 Å². The zero-order valence-corrected chi connectivity index (χ0v) is 23.1. The molecule has 214 valence electrons. The number of nitrogens with one attached hydrogen (secondary N) is 1. The largest absolute Gasteiger partial charge is 0.491 e. The number of methoxy groups -OCH3 is 1. The maximum Gasteiger partial charge on any atom is 0.410 e. The van der Waals surface area contributed by atoms with Crippen LogP contribution in [0.15, 0.2) is 17.8 Å². The van der Waals surface area contributed by atoms with Gasteiger partial charge in [0.15, 0.2) is 17.4 Å². The molecule has 0 bridgehead atoms. The van der Waals surface area contributed by atoms with Crippen LogP contribution in [0.25, 0.3) is 0 Å². The van der Waals surface area contributed by atoms with Gasteiger partial charge in [0.05, 0.1) is 25.3 Å². The molecule has 3 fully saturated rings. The number of ketones is 1. The van der Waals surface area contributed by atoms with E-state index in [1.54, 1.807) is 37.5 Å². The fourth-order valence-corrected chi connectivity index (χ4v) is 5.17. The van der Waals surface area contributed by atoms with Gasteiger partial charge in [-0.1, -0.05) is 0 Å². The van der Waals surface area contributed by atoms with Gasteiger partial charge in [-0.05, 0) is 65.4 Å². The third kappa shape index (κ3) is 6.28. The van der Waals surface area contributed by atoms with Crippen LogP contribution < -0.4 is 15.0 Å². The van der Waals surface area contributed by atoms with Gasteiger partial charge in [0.1, 0.15) is 16.9 Å². The van der Waals surface area contributed by atoms with Gasteiger partial charge in [-0.25, -0.2) is 18.4 Å². The Kier molecular flexibility index (Phi) is 8.37. The van der Waals surface area contributed by atoms with Crippen LogP contribution in [0.4, 0.5) is 19.3 Å². The van der Waals surface area contributed by atoms with Gasteiger partial charge in [-0.3, -0.25) is 4.79 Å². The molecule has 2 heterocycles. The minimum Gasteiger partial charge on any atom is -0.491 e. The summed E-state index contributed by atoms with van der Waals surface area (Å²) in [6.45, 7) is 8.14. The third-order valence-corrected chi connectivity index (χ3v) is 7.10. The molecule has 2 saturated heterocycles. The number of anilines is 1. The fraction of sp³-hybridized carbons (Fsp3) is 0.607. The summed E-state index contributed by atoms with van der Waals surface area (Å²) in [6.07, 6.45) is 4.15. The van der Waals surface area contributed by atoms with Crippen molar-refractivity contribution < 1.29 is 37.4 Å². The van der Waals surface area contributed by atoms with Crippen molar-refractivity contribution in [3.63, 3.8) is 0 Å². The molecule has 2 unspecified atom stereocenters. The number of nitrogens with zero attached hydrogens (tertiary/aromatic N) is 2. The molecule has 0 radical (unpaired) electrons. The molecule has 9 nitrogen and oxygen atoms in total. The van der Waals surface area contributed by atoms with Gasteiger partial charge >= 0.3 is 12.1 Å². The minimum absolute atomic E-state index is 0.0175. The Labute approximate surface area is 227 Å². The Balaban J connectivity index is 1.63. The Hall–Kier alpha value is -3.37. The molecule has 2 atom stereocenters. The second kappa shape index (κ2) is 11.4. The summed E-state index contributed by atoms with van der Waals surface area (Å²) in [5, 5.41) is 2.94. The van der Waals surface area contributed by atoms with E-state index >= 15 is 8.78 Å². The maximum absolute atomic E-state index is 15.8. The number of carbonyl (C=O) groups is 3. The lowest BCUT2D eigenvalue weighted by Gasteiger charge is -2.37. The van der Waals surface area contributed by atoms with E-state index in [-0.39, 0.29) is 36.8 Å². The number of benzene rings is 1. The number of amides is 1. The number of Topliss-reactive ketones (excluding diaryl/α,β-unsaturated/α-hetero) is 1. The molecule has 39 heavy (non-hydrogen) atoms. The van der Waals surface area contributed by atoms with Crippen molar-refractivity contribution in [1.82, 2.24) is 10.2 Å². The molecule has 1 aromatic carbocycles. The zero-order valence-electron chi connectivity index (χ0n) is 23.1. The number of hydrogen-bond donors (Lipinski definition) is 1. The number of ether oxygens (including phenoxy) is 3. The molecule has 3 aliphatic rings. The molecular weight excluding hydrogens is 512 g/mol. The van der Waals surface area contributed by atoms with Gasteiger partial charge in [0.25, 0.3) is 0 Å². The summed E-state index contributed by atoms with van der Waals surface area (Å²) >= 11 is 0. The highest BCUT2D eigenvalue weighted by Gasteiger charge is 2.44. The van der Waals surface area contributed by atoms with Crippen molar-refractivity contribution in [2.45, 2.75) is 71.1 Å². The number of hydrogen-bond acceptors (Lipinski definition) is 8. The molecule has 1 aliphatic carbocycles. The lowest BCUT2D eigenvalue weighted by molar-refractivity contribution is -0.138.